The van der Waals surface area contributed by atoms with Crippen LogP contribution in [0.15, 0.2) is 36.7 Å². The number of aromatic nitrogens is 1. The monoisotopic (exact) mass is 335 g/mol. The van der Waals surface area contributed by atoms with Crippen LogP contribution in [0.1, 0.15) is 36.5 Å². The van der Waals surface area contributed by atoms with Crippen LogP contribution in [0.2, 0.25) is 5.02 Å². The van der Waals surface area contributed by atoms with Crippen molar-refractivity contribution in [3.8, 4) is 0 Å². The maximum atomic E-state index is 13.2. The normalized spacial score (nSPS) is 10.4. The van der Waals surface area contributed by atoms with Crippen molar-refractivity contribution in [2.75, 3.05) is 11.9 Å². The molecule has 0 atom stereocenters. The van der Waals surface area contributed by atoms with Crippen molar-refractivity contribution < 1.29 is 9.18 Å². The highest BCUT2D eigenvalue weighted by molar-refractivity contribution is 6.31. The molecule has 0 aliphatic heterocycles. The minimum absolute atomic E-state index is 0.0350. The SMILES string of the molecule is CCCCCNC(=O)c1cncc(Nc2ccc(F)c(Cl)c2)c1. The molecule has 2 rings (SSSR count). The zero-order valence-electron chi connectivity index (χ0n) is 12.9. The van der Waals surface area contributed by atoms with E-state index in [1.165, 1.54) is 18.3 Å². The van der Waals surface area contributed by atoms with Crippen molar-refractivity contribution in [3.63, 3.8) is 0 Å². The highest BCUT2D eigenvalue weighted by Gasteiger charge is 2.07. The Morgan fingerprint density at radius 3 is 2.78 bits per heavy atom. The number of nitrogens with zero attached hydrogens (tertiary/aromatic N) is 1. The number of hydrogen-bond donors (Lipinski definition) is 2. The van der Waals surface area contributed by atoms with E-state index in [9.17, 15) is 9.18 Å². The summed E-state index contributed by atoms with van der Waals surface area (Å²) >= 11 is 5.75. The van der Waals surface area contributed by atoms with Crippen molar-refractivity contribution in [2.24, 2.45) is 0 Å². The second-order valence-electron chi connectivity index (χ2n) is 5.18. The Kier molecular flexibility index (Phi) is 6.35. The van der Waals surface area contributed by atoms with Gasteiger partial charge in [0, 0.05) is 18.4 Å². The average Bonchev–Trinajstić information content (AvgIpc) is 2.55. The van der Waals surface area contributed by atoms with E-state index >= 15 is 0 Å². The lowest BCUT2D eigenvalue weighted by Crippen LogP contribution is -2.24. The van der Waals surface area contributed by atoms with Crippen LogP contribution >= 0.6 is 11.6 Å². The Labute approximate surface area is 140 Å². The zero-order valence-corrected chi connectivity index (χ0v) is 13.7. The smallest absolute Gasteiger partial charge is 0.252 e. The van der Waals surface area contributed by atoms with E-state index in [4.69, 9.17) is 11.6 Å². The first-order chi connectivity index (χ1) is 11.1. The number of nitrogens with one attached hydrogen (secondary N) is 2. The molecule has 0 fully saturated rings. The second-order valence-corrected chi connectivity index (χ2v) is 5.59. The number of anilines is 2. The molecule has 23 heavy (non-hydrogen) atoms. The van der Waals surface area contributed by atoms with Gasteiger partial charge in [-0.25, -0.2) is 4.39 Å². The number of pyridine rings is 1. The summed E-state index contributed by atoms with van der Waals surface area (Å²) in [4.78, 5) is 16.1. The lowest BCUT2D eigenvalue weighted by atomic mass is 10.2. The molecule has 2 aromatic rings. The van der Waals surface area contributed by atoms with Crippen LogP contribution in [0.3, 0.4) is 0 Å². The van der Waals surface area contributed by atoms with Crippen LogP contribution in [-0.2, 0) is 0 Å². The van der Waals surface area contributed by atoms with Crippen LogP contribution < -0.4 is 10.6 Å². The van der Waals surface area contributed by atoms with Gasteiger partial charge in [-0.15, -0.1) is 0 Å². The number of amides is 1. The highest BCUT2D eigenvalue weighted by Crippen LogP contribution is 2.22. The van der Waals surface area contributed by atoms with Crippen molar-refractivity contribution in [1.29, 1.82) is 0 Å². The quantitative estimate of drug-likeness (QED) is 0.730. The van der Waals surface area contributed by atoms with Crippen LogP contribution in [0.25, 0.3) is 0 Å². The molecule has 6 heteroatoms. The molecule has 1 aromatic carbocycles. The lowest BCUT2D eigenvalue weighted by Gasteiger charge is -2.09. The number of carbonyl (C=O) groups is 1. The van der Waals surface area contributed by atoms with Gasteiger partial charge in [0.15, 0.2) is 0 Å². The molecule has 0 saturated heterocycles. The fourth-order valence-electron chi connectivity index (χ4n) is 2.05. The fourth-order valence-corrected chi connectivity index (χ4v) is 2.23. The Hall–Kier alpha value is -2.14. The standard InChI is InChI=1S/C17H19ClFN3O/c1-2-3-4-7-21-17(23)12-8-14(11-20-10-12)22-13-5-6-16(19)15(18)9-13/h5-6,8-11,22H,2-4,7H2,1H3,(H,21,23). The first-order valence-corrected chi connectivity index (χ1v) is 7.93. The van der Waals surface area contributed by atoms with Gasteiger partial charge in [0.25, 0.3) is 5.91 Å². The zero-order chi connectivity index (χ0) is 16.7. The largest absolute Gasteiger partial charge is 0.354 e. The Morgan fingerprint density at radius 2 is 2.04 bits per heavy atom. The van der Waals surface area contributed by atoms with Gasteiger partial charge in [0.1, 0.15) is 5.82 Å². The first-order valence-electron chi connectivity index (χ1n) is 7.55. The first kappa shape index (κ1) is 17.2. The minimum atomic E-state index is -0.476. The lowest BCUT2D eigenvalue weighted by molar-refractivity contribution is 0.0952. The van der Waals surface area contributed by atoms with Crippen LogP contribution in [0.5, 0.6) is 0 Å². The molecule has 4 nitrogen and oxygen atoms in total. The van der Waals surface area contributed by atoms with E-state index in [0.717, 1.165) is 19.3 Å². The Morgan fingerprint density at radius 1 is 1.22 bits per heavy atom. The van der Waals surface area contributed by atoms with Gasteiger partial charge in [-0.2, -0.15) is 0 Å². The van der Waals surface area contributed by atoms with E-state index in [1.807, 2.05) is 0 Å². The highest BCUT2D eigenvalue weighted by atomic mass is 35.5. The van der Waals surface area contributed by atoms with E-state index in [2.05, 4.69) is 22.5 Å². The predicted molar refractivity (Wildman–Crippen MR) is 90.8 cm³/mol. The van der Waals surface area contributed by atoms with Crippen molar-refractivity contribution >= 4 is 28.9 Å². The van der Waals surface area contributed by atoms with Gasteiger partial charge in [-0.3, -0.25) is 9.78 Å². The number of halogens is 2. The van der Waals surface area contributed by atoms with Crippen molar-refractivity contribution in [2.45, 2.75) is 26.2 Å². The number of unbranched alkanes of at least 4 members (excludes halogenated alkanes) is 2. The molecule has 0 aliphatic carbocycles. The molecule has 2 N–H and O–H groups in total. The Balaban J connectivity index is 2.01. The molecule has 0 spiro atoms. The summed E-state index contributed by atoms with van der Waals surface area (Å²) < 4.78 is 13.2. The average molecular weight is 336 g/mol. The third-order valence-corrected chi connectivity index (χ3v) is 3.56. The molecule has 0 unspecified atom stereocenters. The summed E-state index contributed by atoms with van der Waals surface area (Å²) in [6, 6.07) is 6.02. The summed E-state index contributed by atoms with van der Waals surface area (Å²) in [6.07, 6.45) is 6.26. The summed E-state index contributed by atoms with van der Waals surface area (Å²) in [6.45, 7) is 2.76. The van der Waals surface area contributed by atoms with Crippen LogP contribution in [0, 0.1) is 5.82 Å². The number of hydrogen-bond acceptors (Lipinski definition) is 3. The van der Waals surface area contributed by atoms with Crippen LogP contribution in [-0.4, -0.2) is 17.4 Å². The number of carbonyl (C=O) groups excluding carboxylic acids is 1. The molecule has 0 aliphatic rings. The van der Waals surface area contributed by atoms with E-state index in [-0.39, 0.29) is 10.9 Å². The van der Waals surface area contributed by atoms with Gasteiger partial charge < -0.3 is 10.6 Å². The van der Waals surface area contributed by atoms with Crippen molar-refractivity contribution in [1.82, 2.24) is 10.3 Å². The molecule has 1 heterocycles. The van der Waals surface area contributed by atoms with Crippen LogP contribution in [0.4, 0.5) is 15.8 Å². The maximum Gasteiger partial charge on any atom is 0.252 e. The molecule has 0 bridgehead atoms. The van der Waals surface area contributed by atoms with Gasteiger partial charge in [-0.1, -0.05) is 31.4 Å². The Bertz CT molecular complexity index is 679. The molecule has 1 amide bonds. The second kappa shape index (κ2) is 8.48. The van der Waals surface area contributed by atoms with Crippen molar-refractivity contribution in [3.05, 3.63) is 53.1 Å². The minimum Gasteiger partial charge on any atom is -0.354 e. The maximum absolute atomic E-state index is 13.2. The molecule has 0 saturated carbocycles. The van der Waals surface area contributed by atoms with Gasteiger partial charge in [0.2, 0.25) is 0 Å². The summed E-state index contributed by atoms with van der Waals surface area (Å²) in [5.74, 6) is -0.634. The predicted octanol–water partition coefficient (Wildman–Crippen LogP) is 4.54. The molecule has 122 valence electrons. The fraction of sp³-hybridized carbons (Fsp3) is 0.294. The molecule has 1 aromatic heterocycles. The number of benzene rings is 1. The topological polar surface area (TPSA) is 54.0 Å². The molecular formula is C17H19ClFN3O. The summed E-state index contributed by atoms with van der Waals surface area (Å²) in [5, 5.41) is 5.95. The molecular weight excluding hydrogens is 317 g/mol. The van der Waals surface area contributed by atoms with E-state index < -0.39 is 5.82 Å². The third kappa shape index (κ3) is 5.21. The third-order valence-electron chi connectivity index (χ3n) is 3.27. The van der Waals surface area contributed by atoms with Gasteiger partial charge in [-0.05, 0) is 30.7 Å². The van der Waals surface area contributed by atoms with E-state index in [1.54, 1.807) is 18.3 Å². The number of rotatable bonds is 7. The van der Waals surface area contributed by atoms with Gasteiger partial charge in [0.05, 0.1) is 22.5 Å². The van der Waals surface area contributed by atoms with Gasteiger partial charge >= 0.3 is 0 Å². The summed E-state index contributed by atoms with van der Waals surface area (Å²) in [7, 11) is 0. The molecule has 0 radical (unpaired) electrons. The summed E-state index contributed by atoms with van der Waals surface area (Å²) in [5.41, 5.74) is 1.73. The van der Waals surface area contributed by atoms with E-state index in [0.29, 0.717) is 23.5 Å².